The fraction of sp³-hybridized carbons (Fsp3) is 0.0476. The third-order valence-electron chi connectivity index (χ3n) is 4.19. The van der Waals surface area contributed by atoms with E-state index in [4.69, 9.17) is 4.65 Å². The summed E-state index contributed by atoms with van der Waals surface area (Å²) >= 11 is 0. The topological polar surface area (TPSA) is 49.7 Å². The van der Waals surface area contributed by atoms with Crippen molar-refractivity contribution in [3.63, 3.8) is 0 Å². The number of benzene rings is 3. The highest BCUT2D eigenvalue weighted by molar-refractivity contribution is 6.33. The van der Waals surface area contributed by atoms with Gasteiger partial charge in [0.15, 0.2) is 0 Å². The molecule has 0 fully saturated rings. The Bertz CT molecular complexity index is 778. The summed E-state index contributed by atoms with van der Waals surface area (Å²) in [6, 6.07) is 28.5. The third-order valence-corrected chi connectivity index (χ3v) is 4.19. The Morgan fingerprint density at radius 1 is 0.720 bits per heavy atom. The molecule has 0 amide bonds. The van der Waals surface area contributed by atoms with Crippen LogP contribution in [0.25, 0.3) is 5.57 Å². The zero-order valence-electron chi connectivity index (χ0n) is 13.7. The van der Waals surface area contributed by atoms with Gasteiger partial charge < -0.3 is 14.7 Å². The first-order chi connectivity index (χ1) is 12.1. The van der Waals surface area contributed by atoms with Crippen LogP contribution in [-0.4, -0.2) is 17.4 Å². The smallest absolute Gasteiger partial charge is 0.402 e. The van der Waals surface area contributed by atoms with E-state index in [2.05, 4.69) is 6.58 Å². The second-order valence-electron chi connectivity index (χ2n) is 5.70. The van der Waals surface area contributed by atoms with Gasteiger partial charge >= 0.3 is 7.32 Å². The summed E-state index contributed by atoms with van der Waals surface area (Å²) in [6.07, 6.45) is 0. The van der Waals surface area contributed by atoms with Gasteiger partial charge in [-0.15, -0.1) is 0 Å². The first-order valence-corrected chi connectivity index (χ1v) is 8.04. The first kappa shape index (κ1) is 17.2. The van der Waals surface area contributed by atoms with Crippen molar-refractivity contribution in [1.82, 2.24) is 0 Å². The quantitative estimate of drug-likeness (QED) is 0.679. The van der Waals surface area contributed by atoms with Crippen LogP contribution in [-0.2, 0) is 10.3 Å². The average Bonchev–Trinajstić information content (AvgIpc) is 2.67. The molecule has 0 aliphatic carbocycles. The summed E-state index contributed by atoms with van der Waals surface area (Å²) in [5.74, 6) is 0. The van der Waals surface area contributed by atoms with Crippen LogP contribution in [0.15, 0.2) is 97.6 Å². The van der Waals surface area contributed by atoms with E-state index < -0.39 is 12.9 Å². The van der Waals surface area contributed by atoms with E-state index in [1.54, 1.807) is 0 Å². The van der Waals surface area contributed by atoms with Crippen LogP contribution >= 0.6 is 0 Å². The van der Waals surface area contributed by atoms with E-state index in [1.165, 1.54) is 0 Å². The summed E-state index contributed by atoms with van der Waals surface area (Å²) < 4.78 is 5.74. The molecule has 124 valence electrons. The Labute approximate surface area is 148 Å². The fourth-order valence-electron chi connectivity index (χ4n) is 3.07. The molecule has 0 aliphatic rings. The molecule has 0 saturated carbocycles. The largest absolute Gasteiger partial charge is 0.635 e. The van der Waals surface area contributed by atoms with Crippen LogP contribution in [0.4, 0.5) is 0 Å². The highest BCUT2D eigenvalue weighted by Crippen LogP contribution is 2.44. The lowest BCUT2D eigenvalue weighted by Crippen LogP contribution is -2.39. The highest BCUT2D eigenvalue weighted by atomic mass is 16.6. The van der Waals surface area contributed by atoms with E-state index in [0.717, 1.165) is 16.7 Å². The van der Waals surface area contributed by atoms with Gasteiger partial charge in [0.25, 0.3) is 0 Å². The standard InChI is InChI=1S/C21H19BO3/c1-17(18-11-5-2-6-12-18)21(25-22(23)24,19-13-7-3-8-14-19)20-15-9-4-10-16-20/h2-16,23-24H,1H2. The monoisotopic (exact) mass is 330 g/mol. The molecule has 4 heteroatoms. The Balaban J connectivity index is 2.27. The number of rotatable bonds is 6. The molecule has 2 N–H and O–H groups in total. The molecule has 0 saturated heterocycles. The molecule has 0 aliphatic heterocycles. The fourth-order valence-corrected chi connectivity index (χ4v) is 3.07. The normalized spacial score (nSPS) is 11.1. The molecule has 3 nitrogen and oxygen atoms in total. The van der Waals surface area contributed by atoms with Gasteiger partial charge in [0.05, 0.1) is 0 Å². The molecule has 0 aromatic heterocycles. The maximum atomic E-state index is 9.70. The van der Waals surface area contributed by atoms with E-state index in [1.807, 2.05) is 91.0 Å². The molecule has 0 radical (unpaired) electrons. The van der Waals surface area contributed by atoms with Gasteiger partial charge in [0.2, 0.25) is 0 Å². The summed E-state index contributed by atoms with van der Waals surface area (Å²) in [4.78, 5) is 0. The molecule has 0 unspecified atom stereocenters. The molecule has 3 aromatic carbocycles. The van der Waals surface area contributed by atoms with Crippen molar-refractivity contribution in [3.05, 3.63) is 114 Å². The Hall–Kier alpha value is -2.66. The molecule has 25 heavy (non-hydrogen) atoms. The Morgan fingerprint density at radius 3 is 1.52 bits per heavy atom. The average molecular weight is 330 g/mol. The molecular weight excluding hydrogens is 311 g/mol. The molecular formula is C21H19BO3. The molecule has 0 atom stereocenters. The van der Waals surface area contributed by atoms with Gasteiger partial charge in [-0.2, -0.15) is 0 Å². The molecule has 0 bridgehead atoms. The van der Waals surface area contributed by atoms with Gasteiger partial charge in [-0.1, -0.05) is 97.6 Å². The van der Waals surface area contributed by atoms with Crippen LogP contribution in [0, 0.1) is 0 Å². The first-order valence-electron chi connectivity index (χ1n) is 8.04. The zero-order chi connectivity index (χ0) is 17.7. The van der Waals surface area contributed by atoms with Crippen LogP contribution in [0.3, 0.4) is 0 Å². The minimum absolute atomic E-state index is 0.624. The predicted octanol–water partition coefficient (Wildman–Crippen LogP) is 3.63. The lowest BCUT2D eigenvalue weighted by molar-refractivity contribution is 0.0953. The van der Waals surface area contributed by atoms with Crippen LogP contribution in [0.2, 0.25) is 0 Å². The van der Waals surface area contributed by atoms with Crippen molar-refractivity contribution in [2.45, 2.75) is 5.60 Å². The minimum atomic E-state index is -1.96. The molecule has 3 rings (SSSR count). The predicted molar refractivity (Wildman–Crippen MR) is 100 cm³/mol. The van der Waals surface area contributed by atoms with Gasteiger partial charge in [-0.25, -0.2) is 0 Å². The Kier molecular flexibility index (Phi) is 5.15. The van der Waals surface area contributed by atoms with Crippen molar-refractivity contribution in [2.75, 3.05) is 0 Å². The zero-order valence-corrected chi connectivity index (χ0v) is 13.7. The maximum absolute atomic E-state index is 9.70. The Morgan fingerprint density at radius 2 is 1.12 bits per heavy atom. The van der Waals surface area contributed by atoms with E-state index >= 15 is 0 Å². The lowest BCUT2D eigenvalue weighted by atomic mass is 9.76. The minimum Gasteiger partial charge on any atom is -0.402 e. The number of hydrogen-bond acceptors (Lipinski definition) is 3. The van der Waals surface area contributed by atoms with E-state index in [-0.39, 0.29) is 0 Å². The van der Waals surface area contributed by atoms with Gasteiger partial charge in [0, 0.05) is 0 Å². The van der Waals surface area contributed by atoms with Crippen LogP contribution in [0.5, 0.6) is 0 Å². The molecule has 3 aromatic rings. The molecule has 0 spiro atoms. The van der Waals surface area contributed by atoms with Crippen molar-refractivity contribution in [3.8, 4) is 0 Å². The number of hydrogen-bond donors (Lipinski definition) is 2. The van der Waals surface area contributed by atoms with Crippen LogP contribution in [0.1, 0.15) is 16.7 Å². The van der Waals surface area contributed by atoms with Crippen molar-refractivity contribution in [2.24, 2.45) is 0 Å². The van der Waals surface area contributed by atoms with Crippen molar-refractivity contribution < 1.29 is 14.7 Å². The van der Waals surface area contributed by atoms with E-state index in [0.29, 0.717) is 5.57 Å². The summed E-state index contributed by atoms with van der Waals surface area (Å²) in [6.45, 7) is 4.26. The van der Waals surface area contributed by atoms with Gasteiger partial charge in [-0.05, 0) is 22.3 Å². The third kappa shape index (κ3) is 3.42. The maximum Gasteiger partial charge on any atom is 0.635 e. The summed E-state index contributed by atoms with van der Waals surface area (Å²) in [5, 5.41) is 19.4. The lowest BCUT2D eigenvalue weighted by Gasteiger charge is -2.37. The van der Waals surface area contributed by atoms with Crippen molar-refractivity contribution in [1.29, 1.82) is 0 Å². The summed E-state index contributed by atoms with van der Waals surface area (Å²) in [5.41, 5.74) is 1.79. The van der Waals surface area contributed by atoms with Crippen LogP contribution < -0.4 is 0 Å². The second-order valence-corrected chi connectivity index (χ2v) is 5.70. The SMILES string of the molecule is C=C(c1ccccc1)C(OB(O)O)(c1ccccc1)c1ccccc1. The van der Waals surface area contributed by atoms with Gasteiger partial charge in [0.1, 0.15) is 5.60 Å². The van der Waals surface area contributed by atoms with Gasteiger partial charge in [-0.3, -0.25) is 0 Å². The second kappa shape index (κ2) is 7.49. The molecule has 0 heterocycles. The van der Waals surface area contributed by atoms with Crippen molar-refractivity contribution >= 4 is 12.9 Å². The van der Waals surface area contributed by atoms with E-state index in [9.17, 15) is 10.0 Å². The highest BCUT2D eigenvalue weighted by Gasteiger charge is 2.42. The summed E-state index contributed by atoms with van der Waals surface area (Å²) in [7, 11) is -1.96.